The van der Waals surface area contributed by atoms with E-state index >= 15 is 0 Å². The summed E-state index contributed by atoms with van der Waals surface area (Å²) in [6.07, 6.45) is 0. The summed E-state index contributed by atoms with van der Waals surface area (Å²) in [6, 6.07) is 12.8. The zero-order chi connectivity index (χ0) is 22.7. The first-order valence-electron chi connectivity index (χ1n) is 10.5. The Bertz CT molecular complexity index is 1090. The number of phenolic OH excluding ortho intramolecular Hbond substituents is 1. The van der Waals surface area contributed by atoms with Crippen molar-refractivity contribution in [3.8, 4) is 17.2 Å². The van der Waals surface area contributed by atoms with Crippen LogP contribution >= 0.6 is 23.4 Å². The van der Waals surface area contributed by atoms with Gasteiger partial charge in [-0.25, -0.2) is 4.98 Å². The number of piperazine rings is 1. The standard InChI is InChI=1S/C24H26ClN3O3S/c1-16-3-8-20(29)13-22(16)27-9-11-28(12-10-27)23(30)15-32-14-21-17(2)31-24(26-21)18-4-6-19(25)7-5-18/h3-8,13,29H,9-12,14-15H2,1-2H3. The van der Waals surface area contributed by atoms with Gasteiger partial charge in [0.05, 0.1) is 11.4 Å². The van der Waals surface area contributed by atoms with Gasteiger partial charge >= 0.3 is 0 Å². The van der Waals surface area contributed by atoms with E-state index in [-0.39, 0.29) is 11.7 Å². The number of halogens is 1. The summed E-state index contributed by atoms with van der Waals surface area (Å²) in [4.78, 5) is 21.4. The van der Waals surface area contributed by atoms with Crippen molar-refractivity contribution in [1.82, 2.24) is 9.88 Å². The van der Waals surface area contributed by atoms with Crippen LogP contribution in [0.2, 0.25) is 5.02 Å². The Morgan fingerprint density at radius 3 is 2.56 bits per heavy atom. The molecule has 6 nitrogen and oxygen atoms in total. The number of rotatable bonds is 6. The lowest BCUT2D eigenvalue weighted by Crippen LogP contribution is -2.49. The number of hydrogen-bond acceptors (Lipinski definition) is 6. The van der Waals surface area contributed by atoms with Gasteiger partial charge in [0, 0.05) is 54.3 Å². The Balaban J connectivity index is 1.27. The van der Waals surface area contributed by atoms with Crippen LogP contribution in [0.25, 0.3) is 11.5 Å². The molecule has 0 atom stereocenters. The first kappa shape index (κ1) is 22.6. The van der Waals surface area contributed by atoms with Gasteiger partial charge in [-0.05, 0) is 49.7 Å². The lowest BCUT2D eigenvalue weighted by Gasteiger charge is -2.36. The maximum atomic E-state index is 12.7. The van der Waals surface area contributed by atoms with Gasteiger partial charge in [-0.15, -0.1) is 11.8 Å². The molecule has 1 saturated heterocycles. The van der Waals surface area contributed by atoms with E-state index in [0.29, 0.717) is 35.5 Å². The van der Waals surface area contributed by atoms with Gasteiger partial charge in [0.15, 0.2) is 0 Å². The SMILES string of the molecule is Cc1ccc(O)cc1N1CCN(C(=O)CSCc2nc(-c3ccc(Cl)cc3)oc2C)CC1. The largest absolute Gasteiger partial charge is 0.508 e. The fourth-order valence-electron chi connectivity index (χ4n) is 3.74. The third-order valence-electron chi connectivity index (χ3n) is 5.61. The summed E-state index contributed by atoms with van der Waals surface area (Å²) in [5.41, 5.74) is 3.89. The topological polar surface area (TPSA) is 69.8 Å². The summed E-state index contributed by atoms with van der Waals surface area (Å²) in [7, 11) is 0. The van der Waals surface area contributed by atoms with Gasteiger partial charge in [0.1, 0.15) is 11.5 Å². The second-order valence-electron chi connectivity index (χ2n) is 7.86. The number of aryl methyl sites for hydroxylation is 2. The van der Waals surface area contributed by atoms with Crippen LogP contribution in [-0.2, 0) is 10.5 Å². The number of aromatic nitrogens is 1. The highest BCUT2D eigenvalue weighted by atomic mass is 35.5. The van der Waals surface area contributed by atoms with Crippen molar-refractivity contribution in [2.75, 3.05) is 36.8 Å². The second kappa shape index (κ2) is 9.88. The minimum Gasteiger partial charge on any atom is -0.508 e. The Kier molecular flexibility index (Phi) is 6.96. The Labute approximate surface area is 197 Å². The summed E-state index contributed by atoms with van der Waals surface area (Å²) >= 11 is 7.50. The smallest absolute Gasteiger partial charge is 0.232 e. The molecule has 1 aliphatic rings. The van der Waals surface area contributed by atoms with Crippen LogP contribution in [-0.4, -0.2) is 52.8 Å². The summed E-state index contributed by atoms with van der Waals surface area (Å²) in [6.45, 7) is 6.80. The van der Waals surface area contributed by atoms with Crippen molar-refractivity contribution < 1.29 is 14.3 Å². The lowest BCUT2D eigenvalue weighted by molar-refractivity contribution is -0.128. The molecule has 1 N–H and O–H groups in total. The normalized spacial score (nSPS) is 14.1. The van der Waals surface area contributed by atoms with E-state index in [1.165, 1.54) is 0 Å². The highest BCUT2D eigenvalue weighted by molar-refractivity contribution is 7.99. The molecule has 0 bridgehead atoms. The summed E-state index contributed by atoms with van der Waals surface area (Å²) in [5, 5.41) is 10.5. The number of oxazole rings is 1. The fourth-order valence-corrected chi connectivity index (χ4v) is 4.79. The molecule has 1 amide bonds. The predicted molar refractivity (Wildman–Crippen MR) is 129 cm³/mol. The molecule has 32 heavy (non-hydrogen) atoms. The molecule has 0 saturated carbocycles. The van der Waals surface area contributed by atoms with Gasteiger partial charge in [-0.1, -0.05) is 17.7 Å². The van der Waals surface area contributed by atoms with E-state index in [1.807, 2.05) is 49.1 Å². The number of nitrogens with zero attached hydrogens (tertiary/aromatic N) is 3. The maximum Gasteiger partial charge on any atom is 0.232 e. The molecular formula is C24H26ClN3O3S. The van der Waals surface area contributed by atoms with Crippen LogP contribution in [0, 0.1) is 13.8 Å². The molecule has 8 heteroatoms. The van der Waals surface area contributed by atoms with E-state index < -0.39 is 0 Å². The minimum atomic E-state index is 0.140. The van der Waals surface area contributed by atoms with E-state index in [2.05, 4.69) is 9.88 Å². The number of benzene rings is 2. The zero-order valence-electron chi connectivity index (χ0n) is 18.2. The van der Waals surface area contributed by atoms with Crippen molar-refractivity contribution in [1.29, 1.82) is 0 Å². The molecule has 1 aliphatic heterocycles. The van der Waals surface area contributed by atoms with Crippen LogP contribution < -0.4 is 4.90 Å². The lowest BCUT2D eigenvalue weighted by atomic mass is 10.1. The Morgan fingerprint density at radius 1 is 1.12 bits per heavy atom. The Hall–Kier alpha value is -2.64. The fraction of sp³-hybridized carbons (Fsp3) is 0.333. The van der Waals surface area contributed by atoms with E-state index in [1.54, 1.807) is 23.9 Å². The van der Waals surface area contributed by atoms with E-state index in [9.17, 15) is 9.90 Å². The predicted octanol–water partition coefficient (Wildman–Crippen LogP) is 4.90. The molecular weight excluding hydrogens is 446 g/mol. The number of anilines is 1. The Morgan fingerprint density at radius 2 is 1.84 bits per heavy atom. The maximum absolute atomic E-state index is 12.7. The number of carbonyl (C=O) groups excluding carboxylic acids is 1. The number of thioether (sulfide) groups is 1. The summed E-state index contributed by atoms with van der Waals surface area (Å²) < 4.78 is 5.80. The van der Waals surface area contributed by atoms with Gasteiger partial charge in [0.2, 0.25) is 11.8 Å². The van der Waals surface area contributed by atoms with Gasteiger partial charge < -0.3 is 19.3 Å². The second-order valence-corrected chi connectivity index (χ2v) is 9.28. The quantitative estimate of drug-likeness (QED) is 0.551. The van der Waals surface area contributed by atoms with Crippen LogP contribution in [0.15, 0.2) is 46.9 Å². The molecule has 1 aromatic heterocycles. The van der Waals surface area contributed by atoms with Crippen molar-refractivity contribution in [2.45, 2.75) is 19.6 Å². The molecule has 0 spiro atoms. The zero-order valence-corrected chi connectivity index (χ0v) is 19.7. The molecule has 3 aromatic rings. The molecule has 2 aromatic carbocycles. The monoisotopic (exact) mass is 471 g/mol. The molecule has 0 aliphatic carbocycles. The van der Waals surface area contributed by atoms with Gasteiger partial charge in [-0.2, -0.15) is 0 Å². The van der Waals surface area contributed by atoms with Crippen LogP contribution in [0.1, 0.15) is 17.0 Å². The number of phenols is 1. The van der Waals surface area contributed by atoms with Crippen molar-refractivity contribution in [3.63, 3.8) is 0 Å². The minimum absolute atomic E-state index is 0.140. The molecule has 4 rings (SSSR count). The van der Waals surface area contributed by atoms with E-state index in [4.69, 9.17) is 16.0 Å². The average Bonchev–Trinajstić information content (AvgIpc) is 3.16. The number of aromatic hydroxyl groups is 1. The molecule has 0 unspecified atom stereocenters. The third kappa shape index (κ3) is 5.22. The molecule has 2 heterocycles. The molecule has 1 fully saturated rings. The number of carbonyl (C=O) groups is 1. The van der Waals surface area contributed by atoms with Crippen molar-refractivity contribution in [2.24, 2.45) is 0 Å². The highest BCUT2D eigenvalue weighted by Gasteiger charge is 2.22. The molecule has 0 radical (unpaired) electrons. The van der Waals surface area contributed by atoms with Gasteiger partial charge in [0.25, 0.3) is 0 Å². The highest BCUT2D eigenvalue weighted by Crippen LogP contribution is 2.27. The van der Waals surface area contributed by atoms with Crippen LogP contribution in [0.5, 0.6) is 5.75 Å². The molecule has 168 valence electrons. The first-order valence-corrected chi connectivity index (χ1v) is 12.1. The first-order chi connectivity index (χ1) is 15.4. The van der Waals surface area contributed by atoms with Crippen molar-refractivity contribution in [3.05, 3.63) is 64.5 Å². The number of amides is 1. The van der Waals surface area contributed by atoms with Crippen LogP contribution in [0.3, 0.4) is 0 Å². The van der Waals surface area contributed by atoms with Crippen LogP contribution in [0.4, 0.5) is 5.69 Å². The van der Waals surface area contributed by atoms with E-state index in [0.717, 1.165) is 41.4 Å². The average molecular weight is 472 g/mol. The number of hydrogen-bond donors (Lipinski definition) is 1. The third-order valence-corrected chi connectivity index (χ3v) is 6.79. The van der Waals surface area contributed by atoms with Crippen molar-refractivity contribution >= 4 is 35.0 Å². The van der Waals surface area contributed by atoms with Gasteiger partial charge in [-0.3, -0.25) is 4.79 Å². The summed E-state index contributed by atoms with van der Waals surface area (Å²) in [5.74, 6) is 2.78.